The Bertz CT molecular complexity index is 2240. The first-order valence-corrected chi connectivity index (χ1v) is 20.2. The van der Waals surface area contributed by atoms with E-state index in [0.29, 0.717) is 42.9 Å². The first kappa shape index (κ1) is 36.5. The van der Waals surface area contributed by atoms with E-state index in [2.05, 4.69) is 21.7 Å². The van der Waals surface area contributed by atoms with E-state index in [1.165, 1.54) is 6.08 Å². The fourth-order valence-electron chi connectivity index (χ4n) is 8.49. The average molecular weight is 768 g/mol. The van der Waals surface area contributed by atoms with Crippen molar-refractivity contribution in [3.8, 4) is 22.9 Å². The summed E-state index contributed by atoms with van der Waals surface area (Å²) in [6.45, 7) is 6.47. The lowest BCUT2D eigenvalue weighted by Gasteiger charge is -2.54. The van der Waals surface area contributed by atoms with Gasteiger partial charge in [-0.3, -0.25) is 9.89 Å². The number of carbonyl (C=O) groups is 1. The van der Waals surface area contributed by atoms with Gasteiger partial charge in [0.1, 0.15) is 17.4 Å². The normalized spacial score (nSPS) is 22.5. The number of nitrogens with one attached hydrogen (secondary N) is 1. The lowest BCUT2D eigenvalue weighted by molar-refractivity contribution is -0.153. The Morgan fingerprint density at radius 2 is 1.85 bits per heavy atom. The molecule has 3 aliphatic heterocycles. The second kappa shape index (κ2) is 13.4. The summed E-state index contributed by atoms with van der Waals surface area (Å²) in [6, 6.07) is 5.28. The van der Waals surface area contributed by atoms with E-state index in [4.69, 9.17) is 19.4 Å². The van der Waals surface area contributed by atoms with Gasteiger partial charge in [-0.2, -0.15) is 28.2 Å². The number of fused-ring (bicyclic) bond motifs is 2. The van der Waals surface area contributed by atoms with Crippen molar-refractivity contribution in [1.29, 1.82) is 0 Å². The van der Waals surface area contributed by atoms with Gasteiger partial charge in [-0.25, -0.2) is 8.42 Å². The number of piperidine rings is 1. The molecule has 8 rings (SSSR count). The van der Waals surface area contributed by atoms with Gasteiger partial charge in [-0.15, -0.1) is 0 Å². The Kier molecular flexibility index (Phi) is 9.06. The Morgan fingerprint density at radius 3 is 2.52 bits per heavy atom. The van der Waals surface area contributed by atoms with Crippen LogP contribution in [0.2, 0.25) is 0 Å². The monoisotopic (exact) mass is 767 g/mol. The molecule has 1 saturated carbocycles. The number of alkyl halides is 3. The first-order chi connectivity index (χ1) is 25.6. The number of likely N-dealkylation sites (tertiary alicyclic amines) is 1. The molecule has 2 atom stereocenters. The molecule has 54 heavy (non-hydrogen) atoms. The minimum atomic E-state index is -4.64. The number of halogens is 3. The van der Waals surface area contributed by atoms with Gasteiger partial charge in [0.05, 0.1) is 29.3 Å². The molecule has 3 saturated heterocycles. The van der Waals surface area contributed by atoms with Gasteiger partial charge >= 0.3 is 12.2 Å². The van der Waals surface area contributed by atoms with Gasteiger partial charge in [-0.05, 0) is 93.9 Å². The van der Waals surface area contributed by atoms with Crippen LogP contribution < -0.4 is 14.4 Å². The molecular weight excluding hydrogens is 724 g/mol. The maximum atomic E-state index is 14.1. The van der Waals surface area contributed by atoms with E-state index in [9.17, 15) is 26.4 Å². The maximum Gasteiger partial charge on any atom is 0.422 e. The van der Waals surface area contributed by atoms with E-state index >= 15 is 0 Å². The van der Waals surface area contributed by atoms with Crippen LogP contribution in [0.25, 0.3) is 32.9 Å². The molecule has 12 nitrogen and oxygen atoms in total. The molecule has 1 N–H and O–H groups in total. The SMILES string of the molecule is C=CC(=O)N1CC2(CCN(c3nc(O[C@@H]4CCS(=O)(=O)C[C@H]4N(C)C)nc4c(OCC(F)(F)F)c(-c5c(C)ccc6[nH]ncc56)c(C5CC5)cc34)CC2)C1. The summed E-state index contributed by atoms with van der Waals surface area (Å²) < 4.78 is 80.0. The lowest BCUT2D eigenvalue weighted by atomic mass is 9.72. The van der Waals surface area contributed by atoms with Crippen LogP contribution in [-0.2, 0) is 14.6 Å². The van der Waals surface area contributed by atoms with Crippen molar-refractivity contribution < 1.29 is 35.9 Å². The second-order valence-corrected chi connectivity index (χ2v) is 17.9. The zero-order chi connectivity index (χ0) is 38.2. The molecule has 4 aromatic rings. The van der Waals surface area contributed by atoms with Gasteiger partial charge in [-0.1, -0.05) is 12.6 Å². The summed E-state index contributed by atoms with van der Waals surface area (Å²) in [5, 5.41) is 8.56. The van der Waals surface area contributed by atoms with Crippen molar-refractivity contribution in [3.05, 3.63) is 48.2 Å². The van der Waals surface area contributed by atoms with Crippen LogP contribution >= 0.6 is 0 Å². The number of aromatic amines is 1. The number of rotatable bonds is 9. The number of hydrogen-bond donors (Lipinski definition) is 1. The molecule has 0 bridgehead atoms. The van der Waals surface area contributed by atoms with Crippen molar-refractivity contribution in [2.75, 3.05) is 63.3 Å². The number of aromatic nitrogens is 4. The fraction of sp³-hybridized carbons (Fsp3) is 0.526. The standard InChI is InChI=1S/C38H44F3N7O5S/c1-5-30(49)48-19-37(20-48)11-13-47(14-12-37)35-25-16-24(23-7-8-23)32(31-22(2)6-9-27-26(31)17-42-45-27)34(52-21-38(39,40)41)33(25)43-36(44-35)53-29-10-15-54(50,51)18-28(29)46(3)4/h5-6,9,16-17,23,28-29H,1,7-8,10-15,18-21H2,2-4H3,(H,42,45)/t28-,29-/m1/s1. The Morgan fingerprint density at radius 1 is 1.11 bits per heavy atom. The molecule has 1 amide bonds. The van der Waals surface area contributed by atoms with Crippen molar-refractivity contribution >= 4 is 43.4 Å². The number of likely N-dealkylation sites (N-methyl/N-ethyl adjacent to an activating group) is 1. The zero-order valence-corrected chi connectivity index (χ0v) is 31.4. The molecule has 0 unspecified atom stereocenters. The number of aryl methyl sites for hydroxylation is 1. The number of benzene rings is 2. The molecule has 1 aliphatic carbocycles. The van der Waals surface area contributed by atoms with Gasteiger partial charge < -0.3 is 24.2 Å². The molecule has 288 valence electrons. The average Bonchev–Trinajstić information content (AvgIpc) is 3.85. The maximum absolute atomic E-state index is 14.1. The third-order valence-corrected chi connectivity index (χ3v) is 13.3. The Hall–Kier alpha value is -4.44. The number of amides is 1. The molecule has 0 radical (unpaired) electrons. The molecule has 1 spiro atoms. The highest BCUT2D eigenvalue weighted by molar-refractivity contribution is 7.91. The smallest absolute Gasteiger partial charge is 0.422 e. The summed E-state index contributed by atoms with van der Waals surface area (Å²) in [5.41, 5.74) is 3.87. The summed E-state index contributed by atoms with van der Waals surface area (Å²) in [6.07, 6.45) is 1.30. The van der Waals surface area contributed by atoms with Gasteiger partial charge in [0.15, 0.2) is 22.2 Å². The molecule has 2 aromatic carbocycles. The number of hydrogen-bond acceptors (Lipinski definition) is 10. The van der Waals surface area contributed by atoms with Crippen LogP contribution in [-0.4, -0.2) is 121 Å². The van der Waals surface area contributed by atoms with Crippen molar-refractivity contribution in [1.82, 2.24) is 30.0 Å². The van der Waals surface area contributed by atoms with Crippen LogP contribution in [0, 0.1) is 12.3 Å². The van der Waals surface area contributed by atoms with E-state index < -0.39 is 34.8 Å². The number of H-pyrrole nitrogens is 1. The van der Waals surface area contributed by atoms with Crippen molar-refractivity contribution in [2.24, 2.45) is 5.41 Å². The predicted molar refractivity (Wildman–Crippen MR) is 199 cm³/mol. The number of anilines is 1. The van der Waals surface area contributed by atoms with Crippen LogP contribution in [0.5, 0.6) is 11.8 Å². The van der Waals surface area contributed by atoms with Crippen molar-refractivity contribution in [2.45, 2.75) is 63.3 Å². The number of carbonyl (C=O) groups excluding carboxylic acids is 1. The first-order valence-electron chi connectivity index (χ1n) is 18.4. The highest BCUT2D eigenvalue weighted by atomic mass is 32.2. The molecule has 16 heteroatoms. The quantitative estimate of drug-likeness (QED) is 0.221. The minimum absolute atomic E-state index is 0.00143. The lowest BCUT2D eigenvalue weighted by Crippen LogP contribution is -2.61. The van der Waals surface area contributed by atoms with Gasteiger partial charge in [0.25, 0.3) is 0 Å². The number of ether oxygens (including phenoxy) is 2. The summed E-state index contributed by atoms with van der Waals surface area (Å²) in [7, 11) is 0.270. The highest BCUT2D eigenvalue weighted by Crippen LogP contribution is 2.53. The molecular formula is C38H44F3N7O5S. The second-order valence-electron chi connectivity index (χ2n) is 15.6. The summed E-state index contributed by atoms with van der Waals surface area (Å²) >= 11 is 0. The highest BCUT2D eigenvalue weighted by Gasteiger charge is 2.47. The van der Waals surface area contributed by atoms with E-state index in [-0.39, 0.29) is 52.4 Å². The molecule has 4 aliphatic rings. The van der Waals surface area contributed by atoms with E-state index in [1.807, 2.05) is 25.1 Å². The van der Waals surface area contributed by atoms with Crippen molar-refractivity contribution in [3.63, 3.8) is 0 Å². The Labute approximate surface area is 311 Å². The predicted octanol–water partition coefficient (Wildman–Crippen LogP) is 5.41. The van der Waals surface area contributed by atoms with Gasteiger partial charge in [0, 0.05) is 47.9 Å². The van der Waals surface area contributed by atoms with Crippen LogP contribution in [0.1, 0.15) is 49.1 Å². The van der Waals surface area contributed by atoms with Crippen LogP contribution in [0.4, 0.5) is 19.0 Å². The Balaban J connectivity index is 1.30. The summed E-state index contributed by atoms with van der Waals surface area (Å²) in [4.78, 5) is 27.8. The minimum Gasteiger partial charge on any atom is -0.481 e. The van der Waals surface area contributed by atoms with E-state index in [1.54, 1.807) is 30.1 Å². The summed E-state index contributed by atoms with van der Waals surface area (Å²) in [5.74, 6) is 0.364. The largest absolute Gasteiger partial charge is 0.481 e. The van der Waals surface area contributed by atoms with Crippen LogP contribution in [0.15, 0.2) is 37.1 Å². The topological polar surface area (TPSA) is 134 Å². The number of sulfone groups is 1. The third kappa shape index (κ3) is 6.86. The molecule has 2 aromatic heterocycles. The van der Waals surface area contributed by atoms with E-state index in [0.717, 1.165) is 53.3 Å². The zero-order valence-electron chi connectivity index (χ0n) is 30.6. The molecule has 4 fully saturated rings. The third-order valence-electron chi connectivity index (χ3n) is 11.6. The number of nitrogens with zero attached hydrogens (tertiary/aromatic N) is 6. The molecule has 5 heterocycles. The fourth-order valence-corrected chi connectivity index (χ4v) is 10.3. The van der Waals surface area contributed by atoms with Crippen LogP contribution in [0.3, 0.4) is 0 Å². The van der Waals surface area contributed by atoms with Gasteiger partial charge in [0.2, 0.25) is 5.91 Å².